The van der Waals surface area contributed by atoms with E-state index in [1.807, 2.05) is 12.1 Å². The Hall–Kier alpha value is -3.55. The van der Waals surface area contributed by atoms with Gasteiger partial charge in [0.05, 0.1) is 12.2 Å². The summed E-state index contributed by atoms with van der Waals surface area (Å²) in [6, 6.07) is 24.3. The summed E-state index contributed by atoms with van der Waals surface area (Å²) in [4.78, 5) is 25.3. The minimum absolute atomic E-state index is 0.233. The fourth-order valence-corrected chi connectivity index (χ4v) is 3.68. The normalized spacial score (nSPS) is 11.5. The van der Waals surface area contributed by atoms with Gasteiger partial charge in [-0.1, -0.05) is 72.8 Å². The van der Waals surface area contributed by atoms with E-state index in [0.29, 0.717) is 16.8 Å². The number of rotatable bonds is 8. The summed E-state index contributed by atoms with van der Waals surface area (Å²) in [6.07, 6.45) is 1.47. The van der Waals surface area contributed by atoms with Crippen molar-refractivity contribution in [2.75, 3.05) is 18.9 Å². The summed E-state index contributed by atoms with van der Waals surface area (Å²) in [5, 5.41) is 3.71. The van der Waals surface area contributed by atoms with Crippen molar-refractivity contribution in [1.82, 2.24) is 4.31 Å². The van der Waals surface area contributed by atoms with Crippen LogP contribution in [0.1, 0.15) is 21.5 Å². The van der Waals surface area contributed by atoms with E-state index in [0.717, 1.165) is 15.3 Å². The number of amides is 1. The van der Waals surface area contributed by atoms with Crippen LogP contribution in [-0.2, 0) is 14.8 Å². The van der Waals surface area contributed by atoms with Gasteiger partial charge < -0.3 is 5.32 Å². The minimum atomic E-state index is -3.79. The molecule has 31 heavy (non-hydrogen) atoms. The topological polar surface area (TPSA) is 83.6 Å². The lowest BCUT2D eigenvalue weighted by atomic mass is 10.0. The minimum Gasteiger partial charge on any atom is -0.324 e. The predicted octanol–water partition coefficient (Wildman–Crippen LogP) is 3.79. The molecule has 1 N–H and O–H groups in total. The van der Waals surface area contributed by atoms with Gasteiger partial charge in [0.15, 0.2) is 5.78 Å². The molecule has 0 spiro atoms. The highest BCUT2D eigenvalue weighted by molar-refractivity contribution is 7.92. The molecule has 0 atom stereocenters. The maximum Gasteiger partial charge on any atom is 0.239 e. The Kier molecular flexibility index (Phi) is 7.12. The fraction of sp³-hybridized carbons (Fsp3) is 0.0833. The SMILES string of the molecule is CN(CC(=O)Nc1ccccc1C(=O)c1ccccc1)S(=O)(=O)C=Cc1ccccc1. The lowest BCUT2D eigenvalue weighted by molar-refractivity contribution is -0.116. The summed E-state index contributed by atoms with van der Waals surface area (Å²) in [6.45, 7) is -0.394. The van der Waals surface area contributed by atoms with Crippen LogP contribution < -0.4 is 5.32 Å². The van der Waals surface area contributed by atoms with Gasteiger partial charge in [-0.25, -0.2) is 8.42 Å². The van der Waals surface area contributed by atoms with Gasteiger partial charge in [-0.05, 0) is 23.8 Å². The number of sulfonamides is 1. The number of nitrogens with zero attached hydrogens (tertiary/aromatic N) is 1. The molecule has 0 radical (unpaired) electrons. The van der Waals surface area contributed by atoms with E-state index in [-0.39, 0.29) is 5.78 Å². The van der Waals surface area contributed by atoms with Crippen LogP contribution in [0, 0.1) is 0 Å². The Morgan fingerprint density at radius 1 is 0.871 bits per heavy atom. The van der Waals surface area contributed by atoms with E-state index in [1.54, 1.807) is 72.8 Å². The van der Waals surface area contributed by atoms with Gasteiger partial charge in [-0.3, -0.25) is 9.59 Å². The van der Waals surface area contributed by atoms with E-state index in [4.69, 9.17) is 0 Å². The smallest absolute Gasteiger partial charge is 0.239 e. The number of hydrogen-bond acceptors (Lipinski definition) is 4. The first-order valence-electron chi connectivity index (χ1n) is 9.55. The third-order valence-electron chi connectivity index (χ3n) is 4.51. The van der Waals surface area contributed by atoms with E-state index < -0.39 is 22.5 Å². The lowest BCUT2D eigenvalue weighted by Gasteiger charge is -2.15. The van der Waals surface area contributed by atoms with Gasteiger partial charge in [0.2, 0.25) is 15.9 Å². The number of likely N-dealkylation sites (N-methyl/N-ethyl adjacent to an activating group) is 1. The number of carbonyl (C=O) groups is 2. The van der Waals surface area contributed by atoms with Crippen molar-refractivity contribution < 1.29 is 18.0 Å². The number of benzene rings is 3. The Morgan fingerprint density at radius 2 is 1.45 bits per heavy atom. The Morgan fingerprint density at radius 3 is 2.13 bits per heavy atom. The van der Waals surface area contributed by atoms with E-state index in [2.05, 4.69) is 5.32 Å². The molecule has 7 heteroatoms. The molecule has 0 aromatic heterocycles. The highest BCUT2D eigenvalue weighted by Gasteiger charge is 2.20. The second kappa shape index (κ2) is 9.97. The molecule has 1 amide bonds. The van der Waals surface area contributed by atoms with Gasteiger partial charge in [-0.15, -0.1) is 0 Å². The van der Waals surface area contributed by atoms with E-state index in [1.165, 1.54) is 13.1 Å². The van der Waals surface area contributed by atoms with Gasteiger partial charge in [0.1, 0.15) is 0 Å². The summed E-state index contributed by atoms with van der Waals surface area (Å²) in [5.41, 5.74) is 1.88. The quantitative estimate of drug-likeness (QED) is 0.547. The molecule has 0 aliphatic carbocycles. The van der Waals surface area contributed by atoms with E-state index >= 15 is 0 Å². The average Bonchev–Trinajstić information content (AvgIpc) is 2.79. The predicted molar refractivity (Wildman–Crippen MR) is 122 cm³/mol. The standard InChI is InChI=1S/C24H22N2O4S/c1-26(31(29,30)17-16-19-10-4-2-5-11-19)18-23(27)25-22-15-9-8-14-21(22)24(28)20-12-6-3-7-13-20/h2-17H,18H2,1H3,(H,25,27). The molecule has 0 saturated carbocycles. The van der Waals surface area contributed by atoms with Crippen molar-refractivity contribution in [3.63, 3.8) is 0 Å². The van der Waals surface area contributed by atoms with E-state index in [9.17, 15) is 18.0 Å². The van der Waals surface area contributed by atoms with Crippen LogP contribution in [0.2, 0.25) is 0 Å². The lowest BCUT2D eigenvalue weighted by Crippen LogP contribution is -2.34. The molecule has 158 valence electrons. The van der Waals surface area contributed by atoms with Gasteiger partial charge in [-0.2, -0.15) is 4.31 Å². The number of para-hydroxylation sites is 1. The summed E-state index contributed by atoms with van der Waals surface area (Å²) in [5.74, 6) is -0.782. The third kappa shape index (κ3) is 5.97. The Labute approximate surface area is 181 Å². The molecule has 0 heterocycles. The van der Waals surface area contributed by atoms with Crippen LogP contribution in [-0.4, -0.2) is 38.0 Å². The molecular formula is C24H22N2O4S. The van der Waals surface area contributed by atoms with Crippen LogP contribution in [0.25, 0.3) is 6.08 Å². The summed E-state index contributed by atoms with van der Waals surface area (Å²) >= 11 is 0. The van der Waals surface area contributed by atoms with Crippen molar-refractivity contribution >= 4 is 33.5 Å². The Balaban J connectivity index is 1.70. The molecule has 0 fully saturated rings. The summed E-state index contributed by atoms with van der Waals surface area (Å²) < 4.78 is 25.9. The van der Waals surface area contributed by atoms with Crippen LogP contribution in [0.15, 0.2) is 90.3 Å². The zero-order valence-electron chi connectivity index (χ0n) is 16.9. The molecule has 0 saturated heterocycles. The number of ketones is 1. The van der Waals surface area contributed by atoms with Crippen molar-refractivity contribution in [3.05, 3.63) is 107 Å². The molecule has 3 rings (SSSR count). The van der Waals surface area contributed by atoms with Gasteiger partial charge in [0, 0.05) is 23.6 Å². The molecule has 0 unspecified atom stereocenters. The Bertz CT molecular complexity index is 1190. The monoisotopic (exact) mass is 434 g/mol. The first-order valence-corrected chi connectivity index (χ1v) is 11.1. The zero-order valence-corrected chi connectivity index (χ0v) is 17.7. The van der Waals surface area contributed by atoms with Gasteiger partial charge in [0.25, 0.3) is 0 Å². The number of carbonyl (C=O) groups excluding carboxylic acids is 2. The van der Waals surface area contributed by atoms with Crippen molar-refractivity contribution in [2.45, 2.75) is 0 Å². The molecule has 0 aliphatic heterocycles. The highest BCUT2D eigenvalue weighted by Crippen LogP contribution is 2.19. The molecule has 3 aromatic rings. The number of nitrogens with one attached hydrogen (secondary N) is 1. The number of anilines is 1. The van der Waals surface area contributed by atoms with Gasteiger partial charge >= 0.3 is 0 Å². The molecule has 0 aliphatic rings. The number of hydrogen-bond donors (Lipinski definition) is 1. The van der Waals surface area contributed by atoms with Crippen LogP contribution in [0.3, 0.4) is 0 Å². The largest absolute Gasteiger partial charge is 0.324 e. The van der Waals surface area contributed by atoms with Crippen LogP contribution >= 0.6 is 0 Å². The maximum absolute atomic E-state index is 12.8. The first-order chi connectivity index (χ1) is 14.9. The molecule has 0 bridgehead atoms. The zero-order chi connectivity index (χ0) is 22.3. The van der Waals surface area contributed by atoms with Crippen molar-refractivity contribution in [3.8, 4) is 0 Å². The second-order valence-corrected chi connectivity index (χ2v) is 8.73. The molecule has 6 nitrogen and oxygen atoms in total. The third-order valence-corrected chi connectivity index (χ3v) is 5.99. The average molecular weight is 435 g/mol. The molecule has 3 aromatic carbocycles. The van der Waals surface area contributed by atoms with Crippen molar-refractivity contribution in [1.29, 1.82) is 0 Å². The molecular weight excluding hydrogens is 412 g/mol. The summed E-state index contributed by atoms with van der Waals surface area (Å²) in [7, 11) is -2.47. The fourth-order valence-electron chi connectivity index (χ4n) is 2.85. The van der Waals surface area contributed by atoms with Crippen LogP contribution in [0.5, 0.6) is 0 Å². The maximum atomic E-state index is 12.8. The second-order valence-electron chi connectivity index (χ2n) is 6.80. The van der Waals surface area contributed by atoms with Crippen molar-refractivity contribution in [2.24, 2.45) is 0 Å². The highest BCUT2D eigenvalue weighted by atomic mass is 32.2. The van der Waals surface area contributed by atoms with Crippen LogP contribution in [0.4, 0.5) is 5.69 Å². The first kappa shape index (κ1) is 22.1.